The second kappa shape index (κ2) is 9.87. The third-order valence-corrected chi connectivity index (χ3v) is 5.58. The number of piperazine rings is 1. The van der Waals surface area contributed by atoms with Crippen LogP contribution in [0.4, 0.5) is 0 Å². The second-order valence-electron chi connectivity index (χ2n) is 6.73. The first-order valence-electron chi connectivity index (χ1n) is 9.35. The summed E-state index contributed by atoms with van der Waals surface area (Å²) < 4.78 is 10.5. The molecule has 1 saturated heterocycles. The standard InChI is InChI=1S/C22H22Cl2N2O4/c1-29-17-12-16(13-18(14-17)30-2)22(28)26-9-7-25(8-10-26)21(27)6-4-15-3-5-19(23)20(24)11-15/h3-6,11-14H,7-10H2,1-2H3/b6-4+. The molecule has 1 aliphatic rings. The maximum Gasteiger partial charge on any atom is 0.254 e. The van der Waals surface area contributed by atoms with Gasteiger partial charge in [0.1, 0.15) is 11.5 Å². The van der Waals surface area contributed by atoms with Gasteiger partial charge in [-0.05, 0) is 35.9 Å². The van der Waals surface area contributed by atoms with Gasteiger partial charge in [-0.1, -0.05) is 29.3 Å². The molecule has 1 fully saturated rings. The van der Waals surface area contributed by atoms with Crippen molar-refractivity contribution in [3.05, 3.63) is 63.6 Å². The van der Waals surface area contributed by atoms with Gasteiger partial charge in [-0.3, -0.25) is 9.59 Å². The van der Waals surface area contributed by atoms with Crippen molar-refractivity contribution in [2.45, 2.75) is 0 Å². The summed E-state index contributed by atoms with van der Waals surface area (Å²) in [5.74, 6) is 0.875. The molecule has 8 heteroatoms. The number of hydrogen-bond acceptors (Lipinski definition) is 4. The summed E-state index contributed by atoms with van der Waals surface area (Å²) in [5.41, 5.74) is 1.28. The predicted molar refractivity (Wildman–Crippen MR) is 118 cm³/mol. The molecule has 2 aromatic rings. The van der Waals surface area contributed by atoms with Crippen molar-refractivity contribution in [2.24, 2.45) is 0 Å². The molecule has 3 rings (SSSR count). The van der Waals surface area contributed by atoms with Gasteiger partial charge in [-0.15, -0.1) is 0 Å². The van der Waals surface area contributed by atoms with E-state index in [9.17, 15) is 9.59 Å². The maximum absolute atomic E-state index is 12.9. The van der Waals surface area contributed by atoms with Crippen LogP contribution in [-0.2, 0) is 4.79 Å². The van der Waals surface area contributed by atoms with Gasteiger partial charge in [-0.2, -0.15) is 0 Å². The first-order valence-corrected chi connectivity index (χ1v) is 10.1. The monoisotopic (exact) mass is 448 g/mol. The molecule has 0 unspecified atom stereocenters. The van der Waals surface area contributed by atoms with E-state index >= 15 is 0 Å². The van der Waals surface area contributed by atoms with Crippen LogP contribution in [0.15, 0.2) is 42.5 Å². The third-order valence-electron chi connectivity index (χ3n) is 4.84. The molecule has 0 aromatic heterocycles. The summed E-state index contributed by atoms with van der Waals surface area (Å²) in [5, 5.41) is 0.905. The number of amides is 2. The van der Waals surface area contributed by atoms with Crippen molar-refractivity contribution in [1.82, 2.24) is 9.80 Å². The van der Waals surface area contributed by atoms with Gasteiger partial charge >= 0.3 is 0 Å². The molecular weight excluding hydrogens is 427 g/mol. The average Bonchev–Trinajstić information content (AvgIpc) is 2.78. The second-order valence-corrected chi connectivity index (χ2v) is 7.54. The lowest BCUT2D eigenvalue weighted by molar-refractivity contribution is -0.127. The van der Waals surface area contributed by atoms with Gasteiger partial charge in [-0.25, -0.2) is 0 Å². The number of rotatable bonds is 5. The van der Waals surface area contributed by atoms with Gasteiger partial charge in [0.05, 0.1) is 24.3 Å². The van der Waals surface area contributed by atoms with E-state index in [1.54, 1.807) is 66.5 Å². The number of halogens is 2. The van der Waals surface area contributed by atoms with Crippen LogP contribution in [0.2, 0.25) is 10.0 Å². The highest BCUT2D eigenvalue weighted by atomic mass is 35.5. The molecule has 2 aromatic carbocycles. The van der Waals surface area contributed by atoms with E-state index in [0.29, 0.717) is 53.3 Å². The van der Waals surface area contributed by atoms with E-state index in [2.05, 4.69) is 0 Å². The van der Waals surface area contributed by atoms with E-state index in [4.69, 9.17) is 32.7 Å². The Morgan fingerprint density at radius 3 is 2.03 bits per heavy atom. The van der Waals surface area contributed by atoms with Crippen molar-refractivity contribution in [2.75, 3.05) is 40.4 Å². The van der Waals surface area contributed by atoms with Crippen LogP contribution in [0, 0.1) is 0 Å². The summed E-state index contributed by atoms with van der Waals surface area (Å²) in [6.07, 6.45) is 3.20. The van der Waals surface area contributed by atoms with Crippen molar-refractivity contribution in [3.8, 4) is 11.5 Å². The van der Waals surface area contributed by atoms with Crippen molar-refractivity contribution >= 4 is 41.1 Å². The Bertz CT molecular complexity index is 947. The number of ether oxygens (including phenoxy) is 2. The molecular formula is C22H22Cl2N2O4. The molecule has 0 bridgehead atoms. The Balaban J connectivity index is 1.60. The lowest BCUT2D eigenvalue weighted by Gasteiger charge is -2.34. The predicted octanol–water partition coefficient (Wildman–Crippen LogP) is 4.01. The molecule has 0 N–H and O–H groups in total. The van der Waals surface area contributed by atoms with E-state index in [-0.39, 0.29) is 11.8 Å². The molecule has 0 spiro atoms. The summed E-state index contributed by atoms with van der Waals surface area (Å²) in [7, 11) is 3.08. The Hall–Kier alpha value is -2.70. The number of benzene rings is 2. The Labute approximate surface area is 185 Å². The molecule has 158 valence electrons. The number of carbonyl (C=O) groups excluding carboxylic acids is 2. The van der Waals surface area contributed by atoms with Crippen LogP contribution in [0.25, 0.3) is 6.08 Å². The molecule has 0 aliphatic carbocycles. The lowest BCUT2D eigenvalue weighted by atomic mass is 10.1. The Morgan fingerprint density at radius 1 is 0.867 bits per heavy atom. The van der Waals surface area contributed by atoms with E-state index in [0.717, 1.165) is 5.56 Å². The minimum atomic E-state index is -0.120. The van der Waals surface area contributed by atoms with Crippen LogP contribution in [0.1, 0.15) is 15.9 Å². The topological polar surface area (TPSA) is 59.1 Å². The fraction of sp³-hybridized carbons (Fsp3) is 0.273. The Kier molecular flexibility index (Phi) is 7.24. The first kappa shape index (κ1) is 22.0. The average molecular weight is 449 g/mol. The molecule has 0 atom stereocenters. The molecule has 6 nitrogen and oxygen atoms in total. The van der Waals surface area contributed by atoms with Gasteiger partial charge in [0, 0.05) is 43.9 Å². The zero-order chi connectivity index (χ0) is 21.7. The van der Waals surface area contributed by atoms with E-state index in [1.165, 1.54) is 6.08 Å². The van der Waals surface area contributed by atoms with E-state index in [1.807, 2.05) is 0 Å². The number of methoxy groups -OCH3 is 2. The minimum absolute atomic E-state index is 0.115. The number of carbonyl (C=O) groups is 2. The normalized spacial score (nSPS) is 14.1. The first-order chi connectivity index (χ1) is 14.4. The minimum Gasteiger partial charge on any atom is -0.497 e. The summed E-state index contributed by atoms with van der Waals surface area (Å²) >= 11 is 11.9. The number of hydrogen-bond donors (Lipinski definition) is 0. The van der Waals surface area contributed by atoms with E-state index < -0.39 is 0 Å². The van der Waals surface area contributed by atoms with Gasteiger partial charge < -0.3 is 19.3 Å². The summed E-state index contributed by atoms with van der Waals surface area (Å²) in [4.78, 5) is 28.8. The van der Waals surface area contributed by atoms with Crippen molar-refractivity contribution < 1.29 is 19.1 Å². The highest BCUT2D eigenvalue weighted by Crippen LogP contribution is 2.24. The molecule has 2 amide bonds. The quantitative estimate of drug-likeness (QED) is 0.648. The van der Waals surface area contributed by atoms with Crippen molar-refractivity contribution in [3.63, 3.8) is 0 Å². The van der Waals surface area contributed by atoms with Crippen LogP contribution in [0.3, 0.4) is 0 Å². The highest BCUT2D eigenvalue weighted by Gasteiger charge is 2.24. The zero-order valence-electron chi connectivity index (χ0n) is 16.7. The molecule has 1 heterocycles. The summed E-state index contributed by atoms with van der Waals surface area (Å²) in [6.45, 7) is 1.81. The molecule has 0 radical (unpaired) electrons. The SMILES string of the molecule is COc1cc(OC)cc(C(=O)N2CCN(C(=O)/C=C/c3ccc(Cl)c(Cl)c3)CC2)c1. The largest absolute Gasteiger partial charge is 0.497 e. The smallest absolute Gasteiger partial charge is 0.254 e. The maximum atomic E-state index is 12.9. The van der Waals surface area contributed by atoms with Crippen molar-refractivity contribution in [1.29, 1.82) is 0 Å². The fourth-order valence-electron chi connectivity index (χ4n) is 3.13. The zero-order valence-corrected chi connectivity index (χ0v) is 18.2. The molecule has 1 aliphatic heterocycles. The summed E-state index contributed by atoms with van der Waals surface area (Å²) in [6, 6.07) is 10.3. The molecule has 0 saturated carbocycles. The van der Waals surface area contributed by atoms with Crippen LogP contribution in [0.5, 0.6) is 11.5 Å². The molecule has 30 heavy (non-hydrogen) atoms. The fourth-order valence-corrected chi connectivity index (χ4v) is 3.44. The van der Waals surface area contributed by atoms with Crippen LogP contribution in [-0.4, -0.2) is 62.0 Å². The van der Waals surface area contributed by atoms with Gasteiger partial charge in [0.2, 0.25) is 5.91 Å². The van der Waals surface area contributed by atoms with Gasteiger partial charge in [0.15, 0.2) is 0 Å². The lowest BCUT2D eigenvalue weighted by Crippen LogP contribution is -2.50. The third kappa shape index (κ3) is 5.26. The Morgan fingerprint density at radius 2 is 1.47 bits per heavy atom. The number of nitrogens with zero attached hydrogens (tertiary/aromatic N) is 2. The van der Waals surface area contributed by atoms with Crippen LogP contribution >= 0.6 is 23.2 Å². The van der Waals surface area contributed by atoms with Crippen LogP contribution < -0.4 is 9.47 Å². The van der Waals surface area contributed by atoms with Gasteiger partial charge in [0.25, 0.3) is 5.91 Å². The highest BCUT2D eigenvalue weighted by molar-refractivity contribution is 6.42.